The average molecular weight is 470 g/mol. The first-order valence-corrected chi connectivity index (χ1v) is 10.0. The molecule has 7 nitrogen and oxygen atoms in total. The monoisotopic (exact) mass is 469 g/mol. The fourth-order valence-corrected chi connectivity index (χ4v) is 3.42. The van der Waals surface area contributed by atoms with Crippen molar-refractivity contribution in [1.29, 1.82) is 0 Å². The van der Waals surface area contributed by atoms with Crippen LogP contribution in [0.2, 0.25) is 5.02 Å². The maximum absolute atomic E-state index is 12.8. The molecule has 1 heterocycles. The molecule has 0 aliphatic carbocycles. The van der Waals surface area contributed by atoms with E-state index in [9.17, 15) is 18.0 Å². The van der Waals surface area contributed by atoms with Crippen molar-refractivity contribution in [3.63, 3.8) is 0 Å². The van der Waals surface area contributed by atoms with Gasteiger partial charge in [-0.05, 0) is 35.9 Å². The van der Waals surface area contributed by atoms with Crippen molar-refractivity contribution < 1.29 is 22.8 Å². The number of amidine groups is 1. The minimum absolute atomic E-state index is 0.0350. The molecule has 12 heteroatoms. The summed E-state index contributed by atoms with van der Waals surface area (Å²) in [5, 5.41) is 11.0. The van der Waals surface area contributed by atoms with Crippen LogP contribution in [0.3, 0.4) is 0 Å². The fourth-order valence-electron chi connectivity index (χ4n) is 2.44. The molecule has 0 radical (unpaired) electrons. The molecule has 1 aromatic heterocycles. The number of alkyl halides is 3. The predicted molar refractivity (Wildman–Crippen MR) is 110 cm³/mol. The van der Waals surface area contributed by atoms with Crippen LogP contribution in [-0.4, -0.2) is 26.6 Å². The molecule has 2 N–H and O–H groups in total. The Kier molecular flexibility index (Phi) is 6.86. The molecule has 0 spiro atoms. The van der Waals surface area contributed by atoms with Crippen molar-refractivity contribution in [2.45, 2.75) is 17.1 Å². The normalized spacial score (nSPS) is 12.1. The van der Waals surface area contributed by atoms with Gasteiger partial charge in [-0.25, -0.2) is 4.79 Å². The molecule has 3 rings (SSSR count). The molecule has 2 aromatic carbocycles. The van der Waals surface area contributed by atoms with Crippen molar-refractivity contribution in [1.82, 2.24) is 14.8 Å². The Morgan fingerprint density at radius 2 is 1.90 bits per heavy atom. The van der Waals surface area contributed by atoms with Crippen molar-refractivity contribution in [3.05, 3.63) is 76.1 Å². The lowest BCUT2D eigenvalue weighted by Gasteiger charge is -2.07. The second-order valence-corrected chi connectivity index (χ2v) is 7.59. The number of rotatable bonds is 6. The van der Waals surface area contributed by atoms with E-state index in [1.54, 1.807) is 36.4 Å². The van der Waals surface area contributed by atoms with E-state index in [1.807, 2.05) is 0 Å². The summed E-state index contributed by atoms with van der Waals surface area (Å²) in [6.07, 6.45) is -4.57. The lowest BCUT2D eigenvalue weighted by molar-refractivity contribution is -0.147. The number of aromatic nitrogens is 3. The summed E-state index contributed by atoms with van der Waals surface area (Å²) in [4.78, 5) is 16.8. The summed E-state index contributed by atoms with van der Waals surface area (Å²) in [5.74, 6) is -1.49. The largest absolute Gasteiger partial charge is 0.451 e. The maximum atomic E-state index is 12.8. The van der Waals surface area contributed by atoms with Crippen molar-refractivity contribution in [3.8, 4) is 0 Å². The van der Waals surface area contributed by atoms with Crippen LogP contribution in [0.25, 0.3) is 0 Å². The number of thioether (sulfide) groups is 1. The molecule has 0 fully saturated rings. The first kappa shape index (κ1) is 22.6. The fraction of sp³-hybridized carbons (Fsp3) is 0.158. The molecule has 0 saturated carbocycles. The number of benzene rings is 2. The van der Waals surface area contributed by atoms with E-state index in [1.165, 1.54) is 19.2 Å². The van der Waals surface area contributed by atoms with Crippen LogP contribution >= 0.6 is 23.4 Å². The smallest absolute Gasteiger partial charge is 0.380 e. The van der Waals surface area contributed by atoms with Gasteiger partial charge in [0.25, 0.3) is 0 Å². The van der Waals surface area contributed by atoms with Gasteiger partial charge in [0.15, 0.2) is 11.0 Å². The topological polar surface area (TPSA) is 95.4 Å². The number of nitrogens with zero attached hydrogens (tertiary/aromatic N) is 4. The van der Waals surface area contributed by atoms with Gasteiger partial charge in [-0.15, -0.1) is 10.2 Å². The van der Waals surface area contributed by atoms with E-state index >= 15 is 0 Å². The quantitative estimate of drug-likeness (QED) is 0.190. The van der Waals surface area contributed by atoms with Gasteiger partial charge in [0.1, 0.15) is 0 Å². The Bertz CT molecular complexity index is 1120. The molecule has 162 valence electrons. The minimum Gasteiger partial charge on any atom is -0.380 e. The third kappa shape index (κ3) is 5.76. The van der Waals surface area contributed by atoms with Crippen LogP contribution < -0.4 is 5.73 Å². The molecular weight excluding hydrogens is 455 g/mol. The highest BCUT2D eigenvalue weighted by atomic mass is 35.5. The van der Waals surface area contributed by atoms with Crippen LogP contribution in [0.4, 0.5) is 13.2 Å². The number of oxime groups is 1. The van der Waals surface area contributed by atoms with Gasteiger partial charge in [0.2, 0.25) is 5.82 Å². The maximum Gasteiger partial charge on any atom is 0.451 e. The highest BCUT2D eigenvalue weighted by molar-refractivity contribution is 7.98. The van der Waals surface area contributed by atoms with E-state index in [4.69, 9.17) is 22.2 Å². The van der Waals surface area contributed by atoms with Gasteiger partial charge in [-0.2, -0.15) is 13.2 Å². The molecule has 0 saturated heterocycles. The summed E-state index contributed by atoms with van der Waals surface area (Å²) in [6.45, 7) is 0. The van der Waals surface area contributed by atoms with Crippen molar-refractivity contribution in [2.24, 2.45) is 17.9 Å². The van der Waals surface area contributed by atoms with Crippen LogP contribution in [0.1, 0.15) is 27.3 Å². The highest BCUT2D eigenvalue weighted by Gasteiger charge is 2.37. The number of hydrogen-bond donors (Lipinski definition) is 1. The molecular formula is C19H15ClF3N5O2S. The number of halogens is 4. The Morgan fingerprint density at radius 1 is 1.19 bits per heavy atom. The van der Waals surface area contributed by atoms with E-state index in [0.29, 0.717) is 16.3 Å². The molecule has 0 bridgehead atoms. The summed E-state index contributed by atoms with van der Waals surface area (Å²) < 4.78 is 39.4. The molecule has 0 atom stereocenters. The number of carbonyl (C=O) groups is 1. The second-order valence-electron chi connectivity index (χ2n) is 6.21. The third-order valence-electron chi connectivity index (χ3n) is 3.99. The summed E-state index contributed by atoms with van der Waals surface area (Å²) in [7, 11) is 1.25. The van der Waals surface area contributed by atoms with Gasteiger partial charge in [-0.1, -0.05) is 46.7 Å². The van der Waals surface area contributed by atoms with Gasteiger partial charge in [0.05, 0.1) is 5.56 Å². The lowest BCUT2D eigenvalue weighted by atomic mass is 10.1. The van der Waals surface area contributed by atoms with Crippen LogP contribution in [-0.2, 0) is 23.8 Å². The molecule has 3 aromatic rings. The zero-order chi connectivity index (χ0) is 22.6. The zero-order valence-corrected chi connectivity index (χ0v) is 17.5. The van der Waals surface area contributed by atoms with Crippen LogP contribution in [0.15, 0.2) is 58.8 Å². The highest BCUT2D eigenvalue weighted by Crippen LogP contribution is 2.30. The van der Waals surface area contributed by atoms with Gasteiger partial charge < -0.3 is 15.1 Å². The third-order valence-corrected chi connectivity index (χ3v) is 5.33. The van der Waals surface area contributed by atoms with E-state index < -0.39 is 18.0 Å². The minimum atomic E-state index is -4.57. The summed E-state index contributed by atoms with van der Waals surface area (Å²) in [5.41, 5.74) is 7.38. The van der Waals surface area contributed by atoms with Crippen molar-refractivity contribution in [2.75, 3.05) is 0 Å². The summed E-state index contributed by atoms with van der Waals surface area (Å²) >= 11 is 6.86. The first-order valence-electron chi connectivity index (χ1n) is 8.64. The second kappa shape index (κ2) is 9.40. The summed E-state index contributed by atoms with van der Waals surface area (Å²) in [6, 6.07) is 12.9. The van der Waals surface area contributed by atoms with E-state index in [-0.39, 0.29) is 16.6 Å². The molecule has 0 aliphatic rings. The molecule has 0 aliphatic heterocycles. The zero-order valence-electron chi connectivity index (χ0n) is 15.9. The Morgan fingerprint density at radius 3 is 2.55 bits per heavy atom. The van der Waals surface area contributed by atoms with Crippen LogP contribution in [0.5, 0.6) is 0 Å². The molecule has 0 amide bonds. The number of nitrogens with two attached hydrogens (primary N) is 1. The predicted octanol–water partition coefficient (Wildman–Crippen LogP) is 4.26. The Hall–Kier alpha value is -3.05. The average Bonchev–Trinajstić information content (AvgIpc) is 3.11. The van der Waals surface area contributed by atoms with Gasteiger partial charge >= 0.3 is 12.1 Å². The first-order chi connectivity index (χ1) is 14.6. The SMILES string of the molecule is Cn1c(SCc2cccc(C(N)=NOC(=O)c3ccc(Cl)cc3)c2)nnc1C(F)(F)F. The van der Waals surface area contributed by atoms with E-state index in [2.05, 4.69) is 15.4 Å². The van der Waals surface area contributed by atoms with Gasteiger partial charge in [0, 0.05) is 23.4 Å². The number of hydrogen-bond acceptors (Lipinski definition) is 6. The van der Waals surface area contributed by atoms with Gasteiger partial charge in [-0.3, -0.25) is 0 Å². The lowest BCUT2D eigenvalue weighted by Crippen LogP contribution is -2.15. The standard InChI is InChI=1S/C19H15ClF3N5O2S/c1-28-17(19(21,22)23)25-26-18(28)31-10-11-3-2-4-13(9-11)15(24)27-30-16(29)12-5-7-14(20)8-6-12/h2-9H,10H2,1H3,(H2,24,27). The molecule has 31 heavy (non-hydrogen) atoms. The molecule has 0 unspecified atom stereocenters. The number of carbonyl (C=O) groups excluding carboxylic acids is 1. The Labute approximate surface area is 184 Å². The van der Waals surface area contributed by atoms with Crippen molar-refractivity contribution >= 4 is 35.2 Å². The van der Waals surface area contributed by atoms with E-state index in [0.717, 1.165) is 21.9 Å². The van der Waals surface area contributed by atoms with Crippen LogP contribution in [0, 0.1) is 0 Å². The Balaban J connectivity index is 1.65.